The fraction of sp³-hybridized carbons (Fsp3) is 0.650. The highest BCUT2D eigenvalue weighted by molar-refractivity contribution is 14.0. The number of rotatable bonds is 6. The van der Waals surface area contributed by atoms with Gasteiger partial charge < -0.3 is 10.6 Å². The van der Waals surface area contributed by atoms with E-state index < -0.39 is 0 Å². The van der Waals surface area contributed by atoms with Crippen LogP contribution in [0.2, 0.25) is 0 Å². The van der Waals surface area contributed by atoms with Gasteiger partial charge in [0.25, 0.3) is 0 Å². The minimum atomic E-state index is 0. The van der Waals surface area contributed by atoms with Gasteiger partial charge in [0.15, 0.2) is 5.96 Å². The maximum atomic E-state index is 4.85. The SMILES string of the molecule is CCNC(=NCC1CN2CCN1CC2)NCCc1cc(C)cc(C)c1.I. The molecular weight excluding hydrogens is 437 g/mol. The van der Waals surface area contributed by atoms with Crippen molar-refractivity contribution in [2.75, 3.05) is 52.4 Å². The molecule has 0 spiro atoms. The van der Waals surface area contributed by atoms with E-state index in [1.54, 1.807) is 0 Å². The van der Waals surface area contributed by atoms with Gasteiger partial charge >= 0.3 is 0 Å². The molecule has 3 fully saturated rings. The number of fused-ring (bicyclic) bond motifs is 3. The summed E-state index contributed by atoms with van der Waals surface area (Å²) < 4.78 is 0. The van der Waals surface area contributed by atoms with Crippen LogP contribution in [0, 0.1) is 13.8 Å². The van der Waals surface area contributed by atoms with E-state index in [-0.39, 0.29) is 24.0 Å². The number of hydrogen-bond donors (Lipinski definition) is 2. The summed E-state index contributed by atoms with van der Waals surface area (Å²) in [6.45, 7) is 15.2. The predicted octanol–water partition coefficient (Wildman–Crippen LogP) is 2.02. The van der Waals surface area contributed by atoms with Crippen molar-refractivity contribution in [3.05, 3.63) is 34.9 Å². The first-order valence-electron chi connectivity index (χ1n) is 9.70. The molecule has 1 aromatic rings. The second kappa shape index (κ2) is 10.5. The zero-order chi connectivity index (χ0) is 17.6. The summed E-state index contributed by atoms with van der Waals surface area (Å²) in [7, 11) is 0. The average molecular weight is 471 g/mol. The largest absolute Gasteiger partial charge is 0.357 e. The van der Waals surface area contributed by atoms with E-state index in [0.29, 0.717) is 6.04 Å². The summed E-state index contributed by atoms with van der Waals surface area (Å²) >= 11 is 0. The average Bonchev–Trinajstić information content (AvgIpc) is 2.60. The second-order valence-corrected chi connectivity index (χ2v) is 7.38. The lowest BCUT2D eigenvalue weighted by molar-refractivity contribution is 0.0174. The molecule has 0 saturated carbocycles. The molecule has 1 aromatic carbocycles. The van der Waals surface area contributed by atoms with Crippen molar-refractivity contribution in [1.82, 2.24) is 20.4 Å². The van der Waals surface area contributed by atoms with Gasteiger partial charge in [0, 0.05) is 51.9 Å². The molecule has 0 aromatic heterocycles. The van der Waals surface area contributed by atoms with E-state index in [9.17, 15) is 0 Å². The topological polar surface area (TPSA) is 42.9 Å². The van der Waals surface area contributed by atoms with Gasteiger partial charge in [-0.2, -0.15) is 0 Å². The third-order valence-electron chi connectivity index (χ3n) is 5.18. The fourth-order valence-corrected chi connectivity index (χ4v) is 3.97. The minimum Gasteiger partial charge on any atom is -0.357 e. The summed E-state index contributed by atoms with van der Waals surface area (Å²) in [6.07, 6.45) is 1.02. The number of nitrogens with one attached hydrogen (secondary N) is 2. The molecule has 2 N–H and O–H groups in total. The monoisotopic (exact) mass is 471 g/mol. The van der Waals surface area contributed by atoms with E-state index >= 15 is 0 Å². The lowest BCUT2D eigenvalue weighted by atomic mass is 10.1. The molecule has 2 bridgehead atoms. The van der Waals surface area contributed by atoms with Crippen molar-refractivity contribution in [3.63, 3.8) is 0 Å². The molecular formula is C20H34IN5. The van der Waals surface area contributed by atoms with Crippen LogP contribution in [0.1, 0.15) is 23.6 Å². The van der Waals surface area contributed by atoms with Crippen molar-refractivity contribution in [2.45, 2.75) is 33.2 Å². The van der Waals surface area contributed by atoms with E-state index in [0.717, 1.165) is 32.0 Å². The first-order valence-corrected chi connectivity index (χ1v) is 9.70. The lowest BCUT2D eigenvalue weighted by Gasteiger charge is -2.47. The molecule has 0 aliphatic carbocycles. The van der Waals surface area contributed by atoms with Crippen molar-refractivity contribution in [1.29, 1.82) is 0 Å². The van der Waals surface area contributed by atoms with E-state index in [1.807, 2.05) is 0 Å². The Kier molecular flexibility index (Phi) is 8.63. The Labute approximate surface area is 175 Å². The van der Waals surface area contributed by atoms with Gasteiger partial charge in [-0.1, -0.05) is 29.3 Å². The molecule has 3 heterocycles. The highest BCUT2D eigenvalue weighted by Gasteiger charge is 2.31. The quantitative estimate of drug-likeness (QED) is 0.379. The van der Waals surface area contributed by atoms with Crippen LogP contribution in [-0.2, 0) is 6.42 Å². The first-order chi connectivity index (χ1) is 12.1. The van der Waals surface area contributed by atoms with Gasteiger partial charge in [0.2, 0.25) is 0 Å². The van der Waals surface area contributed by atoms with Crippen LogP contribution in [0.15, 0.2) is 23.2 Å². The molecule has 5 nitrogen and oxygen atoms in total. The van der Waals surface area contributed by atoms with Gasteiger partial charge in [-0.05, 0) is 32.8 Å². The molecule has 0 amide bonds. The summed E-state index contributed by atoms with van der Waals surface area (Å²) in [6, 6.07) is 7.36. The Balaban J connectivity index is 0.00000243. The molecule has 26 heavy (non-hydrogen) atoms. The normalized spacial score (nSPS) is 24.9. The van der Waals surface area contributed by atoms with Gasteiger partial charge in [-0.25, -0.2) is 0 Å². The van der Waals surface area contributed by atoms with Crippen molar-refractivity contribution in [2.24, 2.45) is 4.99 Å². The van der Waals surface area contributed by atoms with Gasteiger partial charge in [0.05, 0.1) is 6.54 Å². The van der Waals surface area contributed by atoms with Crippen molar-refractivity contribution < 1.29 is 0 Å². The first kappa shape index (κ1) is 21.4. The number of hydrogen-bond acceptors (Lipinski definition) is 3. The van der Waals surface area contributed by atoms with Crippen molar-refractivity contribution in [3.8, 4) is 0 Å². The Morgan fingerprint density at radius 2 is 1.77 bits per heavy atom. The highest BCUT2D eigenvalue weighted by atomic mass is 127. The van der Waals surface area contributed by atoms with Crippen LogP contribution in [0.4, 0.5) is 0 Å². The molecule has 3 saturated heterocycles. The van der Waals surface area contributed by atoms with Gasteiger partial charge in [-0.15, -0.1) is 24.0 Å². The maximum absolute atomic E-state index is 4.85. The highest BCUT2D eigenvalue weighted by Crippen LogP contribution is 2.15. The molecule has 0 radical (unpaired) electrons. The Morgan fingerprint density at radius 1 is 1.08 bits per heavy atom. The molecule has 6 heteroatoms. The molecule has 1 atom stereocenters. The van der Waals surface area contributed by atoms with Crippen LogP contribution in [0.3, 0.4) is 0 Å². The summed E-state index contributed by atoms with van der Waals surface area (Å²) in [4.78, 5) is 10.0. The summed E-state index contributed by atoms with van der Waals surface area (Å²) in [5, 5.41) is 6.88. The third kappa shape index (κ3) is 6.09. The van der Waals surface area contributed by atoms with Crippen LogP contribution >= 0.6 is 24.0 Å². The number of aryl methyl sites for hydroxylation is 2. The predicted molar refractivity (Wildman–Crippen MR) is 121 cm³/mol. The van der Waals surface area contributed by atoms with Crippen LogP contribution in [-0.4, -0.2) is 74.2 Å². The van der Waals surface area contributed by atoms with Crippen LogP contribution in [0.25, 0.3) is 0 Å². The molecule has 1 unspecified atom stereocenters. The zero-order valence-electron chi connectivity index (χ0n) is 16.4. The molecule has 4 rings (SSSR count). The van der Waals surface area contributed by atoms with Gasteiger partial charge in [-0.3, -0.25) is 14.8 Å². The lowest BCUT2D eigenvalue weighted by Crippen LogP contribution is -2.62. The number of nitrogens with zero attached hydrogens (tertiary/aromatic N) is 3. The van der Waals surface area contributed by atoms with Crippen LogP contribution < -0.4 is 10.6 Å². The molecule has 146 valence electrons. The third-order valence-corrected chi connectivity index (χ3v) is 5.18. The zero-order valence-corrected chi connectivity index (χ0v) is 18.8. The van der Waals surface area contributed by atoms with E-state index in [4.69, 9.17) is 4.99 Å². The van der Waals surface area contributed by atoms with Crippen molar-refractivity contribution >= 4 is 29.9 Å². The summed E-state index contributed by atoms with van der Waals surface area (Å²) in [5.41, 5.74) is 4.07. The number of halogens is 1. The summed E-state index contributed by atoms with van der Waals surface area (Å²) in [5.74, 6) is 0.949. The molecule has 3 aliphatic heterocycles. The van der Waals surface area contributed by atoms with E-state index in [2.05, 4.69) is 59.4 Å². The van der Waals surface area contributed by atoms with E-state index in [1.165, 1.54) is 49.4 Å². The second-order valence-electron chi connectivity index (χ2n) is 7.38. The standard InChI is InChI=1S/C20H33N5.HI/c1-4-21-20(22-6-5-18-12-16(2)11-17(3)13-18)23-14-19-15-24-7-9-25(19)10-8-24;/h11-13,19H,4-10,14-15H2,1-3H3,(H2,21,22,23);1H. The Hall–Kier alpha value is -0.860. The number of guanidine groups is 1. The Bertz CT molecular complexity index is 576. The number of piperazine rings is 3. The van der Waals surface area contributed by atoms with Crippen LogP contribution in [0.5, 0.6) is 0 Å². The maximum Gasteiger partial charge on any atom is 0.191 e. The Morgan fingerprint density at radius 3 is 2.35 bits per heavy atom. The van der Waals surface area contributed by atoms with Gasteiger partial charge in [0.1, 0.15) is 0 Å². The number of benzene rings is 1. The smallest absolute Gasteiger partial charge is 0.191 e. The fourth-order valence-electron chi connectivity index (χ4n) is 3.97. The minimum absolute atomic E-state index is 0. The number of aliphatic imine (C=N–C) groups is 1. The molecule has 3 aliphatic rings.